The maximum Gasteiger partial charge on any atom is 0.243 e. The smallest absolute Gasteiger partial charge is 0.243 e. The van der Waals surface area contributed by atoms with Crippen LogP contribution in [0.15, 0.2) is 35.4 Å². The van der Waals surface area contributed by atoms with Crippen molar-refractivity contribution in [2.45, 2.75) is 51.1 Å². The molecule has 2 aromatic rings. The number of aryl methyl sites for hydroxylation is 1. The summed E-state index contributed by atoms with van der Waals surface area (Å²) < 4.78 is 28.4. The van der Waals surface area contributed by atoms with E-state index in [1.807, 2.05) is 19.1 Å². The van der Waals surface area contributed by atoms with Gasteiger partial charge in [0.15, 0.2) is 0 Å². The largest absolute Gasteiger partial charge is 0.271 e. The number of hydrogen-bond acceptors (Lipinski definition) is 3. The first kappa shape index (κ1) is 19.0. The molecule has 0 saturated carbocycles. The van der Waals surface area contributed by atoms with E-state index in [4.69, 9.17) is 11.6 Å². The number of aromatic nitrogens is 2. The summed E-state index contributed by atoms with van der Waals surface area (Å²) >= 11 is 6.13. The van der Waals surface area contributed by atoms with Crippen molar-refractivity contribution in [3.8, 4) is 0 Å². The van der Waals surface area contributed by atoms with Crippen LogP contribution in [0.2, 0.25) is 5.02 Å². The Bertz CT molecular complexity index is 785. The molecule has 1 aromatic carbocycles. The van der Waals surface area contributed by atoms with E-state index < -0.39 is 10.0 Å². The third-order valence-electron chi connectivity index (χ3n) is 4.25. The van der Waals surface area contributed by atoms with E-state index in [0.29, 0.717) is 23.2 Å². The average Bonchev–Trinajstić information content (AvgIpc) is 2.94. The van der Waals surface area contributed by atoms with Gasteiger partial charge in [0.05, 0.1) is 22.2 Å². The lowest BCUT2D eigenvalue weighted by Crippen LogP contribution is -2.27. The molecule has 0 spiro atoms. The minimum absolute atomic E-state index is 0.140. The molecule has 0 radical (unpaired) electrons. The molecule has 1 heterocycles. The number of rotatable bonds is 7. The maximum absolute atomic E-state index is 12.7. The Morgan fingerprint density at radius 3 is 2.38 bits per heavy atom. The first-order valence-electron chi connectivity index (χ1n) is 8.07. The Morgan fingerprint density at radius 2 is 1.88 bits per heavy atom. The fraction of sp³-hybridized carbons (Fsp3) is 0.471. The van der Waals surface area contributed by atoms with E-state index >= 15 is 0 Å². The lowest BCUT2D eigenvalue weighted by Gasteiger charge is -2.17. The lowest BCUT2D eigenvalue weighted by molar-refractivity contribution is 0.458. The van der Waals surface area contributed by atoms with Gasteiger partial charge in [0, 0.05) is 19.8 Å². The Hall–Kier alpha value is -1.37. The van der Waals surface area contributed by atoms with Crippen LogP contribution in [0.3, 0.4) is 0 Å². The van der Waals surface area contributed by atoms with Crippen molar-refractivity contribution in [3.63, 3.8) is 0 Å². The second-order valence-electron chi connectivity index (χ2n) is 5.92. The van der Waals surface area contributed by atoms with Gasteiger partial charge >= 0.3 is 0 Å². The van der Waals surface area contributed by atoms with Gasteiger partial charge in [-0.05, 0) is 37.0 Å². The van der Waals surface area contributed by atoms with Gasteiger partial charge < -0.3 is 0 Å². The van der Waals surface area contributed by atoms with Crippen LogP contribution in [0.4, 0.5) is 0 Å². The number of sulfonamides is 1. The predicted octanol–water partition coefficient (Wildman–Crippen LogP) is 3.89. The highest BCUT2D eigenvalue weighted by Crippen LogP contribution is 2.23. The van der Waals surface area contributed by atoms with Crippen molar-refractivity contribution < 1.29 is 8.42 Å². The van der Waals surface area contributed by atoms with Gasteiger partial charge in [0.25, 0.3) is 0 Å². The van der Waals surface area contributed by atoms with Gasteiger partial charge in [-0.15, -0.1) is 0 Å². The van der Waals surface area contributed by atoms with Crippen LogP contribution in [0.1, 0.15) is 44.4 Å². The second kappa shape index (κ2) is 7.68. The van der Waals surface area contributed by atoms with Crippen molar-refractivity contribution in [2.75, 3.05) is 7.05 Å². The van der Waals surface area contributed by atoms with Crippen LogP contribution in [0.5, 0.6) is 0 Å². The Morgan fingerprint density at radius 1 is 1.25 bits per heavy atom. The molecule has 0 aliphatic heterocycles. The quantitative estimate of drug-likeness (QED) is 0.743. The molecule has 132 valence electrons. The fourth-order valence-corrected chi connectivity index (χ4v) is 3.73. The Kier molecular flexibility index (Phi) is 6.06. The van der Waals surface area contributed by atoms with Crippen LogP contribution in [-0.2, 0) is 23.1 Å². The van der Waals surface area contributed by atoms with E-state index in [-0.39, 0.29) is 11.4 Å². The van der Waals surface area contributed by atoms with Crippen molar-refractivity contribution in [1.29, 1.82) is 0 Å². The summed E-state index contributed by atoms with van der Waals surface area (Å²) in [5, 5.41) is 4.78. The molecule has 7 heteroatoms. The molecule has 1 atom stereocenters. The first-order valence-corrected chi connectivity index (χ1v) is 9.89. The first-order chi connectivity index (χ1) is 11.3. The van der Waals surface area contributed by atoms with Crippen LogP contribution >= 0.6 is 11.6 Å². The topological polar surface area (TPSA) is 55.2 Å². The number of benzene rings is 1. The van der Waals surface area contributed by atoms with Gasteiger partial charge in [-0.3, -0.25) is 4.68 Å². The summed E-state index contributed by atoms with van der Waals surface area (Å²) in [5.74, 6) is 0.413. The van der Waals surface area contributed by atoms with E-state index in [2.05, 4.69) is 18.9 Å². The lowest BCUT2D eigenvalue weighted by atomic mass is 9.99. The van der Waals surface area contributed by atoms with Gasteiger partial charge in [-0.1, -0.05) is 37.6 Å². The SMILES string of the molecule is CCC(C)c1ccc(S(=O)(=O)N(C)Cc2nn(CC)cc2Cl)cc1. The monoisotopic (exact) mass is 369 g/mol. The fourth-order valence-electron chi connectivity index (χ4n) is 2.39. The Labute approximate surface area is 149 Å². The summed E-state index contributed by atoms with van der Waals surface area (Å²) in [7, 11) is -2.03. The molecule has 0 saturated heterocycles. The van der Waals surface area contributed by atoms with Gasteiger partial charge in [-0.25, -0.2) is 8.42 Å². The molecule has 2 rings (SSSR count). The van der Waals surface area contributed by atoms with E-state index in [1.165, 1.54) is 4.31 Å². The second-order valence-corrected chi connectivity index (χ2v) is 8.37. The molecule has 1 unspecified atom stereocenters. The number of hydrogen-bond donors (Lipinski definition) is 0. The van der Waals surface area contributed by atoms with Crippen LogP contribution in [0, 0.1) is 0 Å². The maximum atomic E-state index is 12.7. The van der Waals surface area contributed by atoms with Gasteiger partial charge in [0.2, 0.25) is 10.0 Å². The average molecular weight is 370 g/mol. The highest BCUT2D eigenvalue weighted by atomic mass is 35.5. The van der Waals surface area contributed by atoms with Crippen molar-refractivity contribution in [3.05, 3.63) is 46.7 Å². The summed E-state index contributed by atoms with van der Waals surface area (Å²) in [5.41, 5.74) is 1.70. The zero-order valence-corrected chi connectivity index (χ0v) is 16.1. The van der Waals surface area contributed by atoms with E-state index in [0.717, 1.165) is 12.0 Å². The minimum Gasteiger partial charge on any atom is -0.271 e. The molecule has 0 bridgehead atoms. The molecule has 0 aliphatic rings. The van der Waals surface area contributed by atoms with Crippen LogP contribution in [0.25, 0.3) is 0 Å². The molecule has 0 aliphatic carbocycles. The molecule has 1 aromatic heterocycles. The zero-order valence-electron chi connectivity index (χ0n) is 14.5. The summed E-state index contributed by atoms with van der Waals surface area (Å²) in [6.45, 7) is 7.02. The van der Waals surface area contributed by atoms with Crippen LogP contribution in [-0.4, -0.2) is 29.6 Å². The normalized spacial score (nSPS) is 13.4. The van der Waals surface area contributed by atoms with Crippen molar-refractivity contribution in [2.24, 2.45) is 0 Å². The summed E-state index contributed by atoms with van der Waals surface area (Å²) in [6.07, 6.45) is 2.73. The van der Waals surface area contributed by atoms with E-state index in [9.17, 15) is 8.42 Å². The third-order valence-corrected chi connectivity index (χ3v) is 6.39. The number of halogens is 1. The van der Waals surface area contributed by atoms with Crippen molar-refractivity contribution in [1.82, 2.24) is 14.1 Å². The zero-order chi connectivity index (χ0) is 17.9. The molecule has 0 N–H and O–H groups in total. The molecule has 5 nitrogen and oxygen atoms in total. The molecule has 0 fully saturated rings. The predicted molar refractivity (Wildman–Crippen MR) is 96.7 cm³/mol. The Balaban J connectivity index is 2.20. The standard InChI is InChI=1S/C17H24ClN3O2S/c1-5-13(3)14-7-9-15(10-8-14)24(22,23)20(4)12-17-16(18)11-21(6-2)19-17/h7-11,13H,5-6,12H2,1-4H3. The highest BCUT2D eigenvalue weighted by Gasteiger charge is 2.23. The summed E-state index contributed by atoms with van der Waals surface area (Å²) in [4.78, 5) is 0.281. The van der Waals surface area contributed by atoms with E-state index in [1.54, 1.807) is 30.1 Å². The highest BCUT2D eigenvalue weighted by molar-refractivity contribution is 7.89. The molecule has 24 heavy (non-hydrogen) atoms. The van der Waals surface area contributed by atoms with Gasteiger partial charge in [0.1, 0.15) is 0 Å². The van der Waals surface area contributed by atoms with Crippen LogP contribution < -0.4 is 0 Å². The minimum atomic E-state index is -3.58. The summed E-state index contributed by atoms with van der Waals surface area (Å²) in [6, 6.07) is 7.10. The third kappa shape index (κ3) is 3.99. The van der Waals surface area contributed by atoms with Crippen molar-refractivity contribution >= 4 is 21.6 Å². The molecule has 0 amide bonds. The molecular formula is C17H24ClN3O2S. The molecular weight excluding hydrogens is 346 g/mol. The number of nitrogens with zero attached hydrogens (tertiary/aromatic N) is 3. The van der Waals surface area contributed by atoms with Gasteiger partial charge in [-0.2, -0.15) is 9.40 Å².